The Labute approximate surface area is 96.9 Å². The SMILES string of the molecule is Cc1ccccc1OCC1(C#N)CC(C)C1. The van der Waals surface area contributed by atoms with Crippen LogP contribution in [0.1, 0.15) is 25.3 Å². The molecule has 0 spiro atoms. The van der Waals surface area contributed by atoms with Crippen molar-refractivity contribution >= 4 is 0 Å². The van der Waals surface area contributed by atoms with Crippen molar-refractivity contribution in [1.29, 1.82) is 5.26 Å². The van der Waals surface area contributed by atoms with Gasteiger partial charge in [-0.25, -0.2) is 0 Å². The quantitative estimate of drug-likeness (QED) is 0.775. The van der Waals surface area contributed by atoms with E-state index in [9.17, 15) is 5.26 Å². The Hall–Kier alpha value is -1.49. The van der Waals surface area contributed by atoms with E-state index >= 15 is 0 Å². The maximum Gasteiger partial charge on any atom is 0.122 e. The average Bonchev–Trinajstić information content (AvgIpc) is 2.24. The summed E-state index contributed by atoms with van der Waals surface area (Å²) in [6, 6.07) is 10.4. The lowest BCUT2D eigenvalue weighted by molar-refractivity contribution is 0.0654. The van der Waals surface area contributed by atoms with Crippen LogP contribution >= 0.6 is 0 Å². The van der Waals surface area contributed by atoms with Gasteiger partial charge in [-0.2, -0.15) is 5.26 Å². The van der Waals surface area contributed by atoms with Gasteiger partial charge in [-0.15, -0.1) is 0 Å². The minimum Gasteiger partial charge on any atom is -0.492 e. The van der Waals surface area contributed by atoms with E-state index in [4.69, 9.17) is 4.74 Å². The van der Waals surface area contributed by atoms with Gasteiger partial charge < -0.3 is 4.74 Å². The maximum atomic E-state index is 9.17. The minimum atomic E-state index is -0.234. The van der Waals surface area contributed by atoms with E-state index in [2.05, 4.69) is 13.0 Å². The Morgan fingerprint density at radius 3 is 2.69 bits per heavy atom. The Morgan fingerprint density at radius 1 is 1.44 bits per heavy atom. The number of ether oxygens (including phenoxy) is 1. The number of nitrogens with zero attached hydrogens (tertiary/aromatic N) is 1. The maximum absolute atomic E-state index is 9.17. The van der Waals surface area contributed by atoms with Crippen LogP contribution in [0.15, 0.2) is 24.3 Å². The highest BCUT2D eigenvalue weighted by Crippen LogP contribution is 2.45. The number of benzene rings is 1. The minimum absolute atomic E-state index is 0.234. The van der Waals surface area contributed by atoms with E-state index in [1.807, 2.05) is 31.2 Å². The van der Waals surface area contributed by atoms with Crippen LogP contribution in [-0.2, 0) is 0 Å². The van der Waals surface area contributed by atoms with Gasteiger partial charge in [-0.1, -0.05) is 25.1 Å². The fourth-order valence-electron chi connectivity index (χ4n) is 2.45. The predicted octanol–water partition coefficient (Wildman–Crippen LogP) is 3.31. The number of para-hydroxylation sites is 1. The normalized spacial score (nSPS) is 27.9. The second-order valence-corrected chi connectivity index (χ2v) is 4.96. The number of rotatable bonds is 3. The van der Waals surface area contributed by atoms with Crippen molar-refractivity contribution in [2.75, 3.05) is 6.61 Å². The summed E-state index contributed by atoms with van der Waals surface area (Å²) in [7, 11) is 0. The van der Waals surface area contributed by atoms with E-state index in [1.54, 1.807) is 0 Å². The molecule has 0 bridgehead atoms. The van der Waals surface area contributed by atoms with Crippen LogP contribution in [0.4, 0.5) is 0 Å². The average molecular weight is 215 g/mol. The van der Waals surface area contributed by atoms with Gasteiger partial charge in [0.2, 0.25) is 0 Å². The molecule has 0 amide bonds. The molecule has 1 aliphatic carbocycles. The van der Waals surface area contributed by atoms with Crippen LogP contribution < -0.4 is 4.74 Å². The molecule has 16 heavy (non-hydrogen) atoms. The van der Waals surface area contributed by atoms with Gasteiger partial charge in [0.1, 0.15) is 12.4 Å². The number of nitriles is 1. The van der Waals surface area contributed by atoms with Crippen LogP contribution in [0.5, 0.6) is 5.75 Å². The number of hydrogen-bond acceptors (Lipinski definition) is 2. The molecule has 0 N–H and O–H groups in total. The third-order valence-electron chi connectivity index (χ3n) is 3.31. The molecule has 1 saturated carbocycles. The fraction of sp³-hybridized carbons (Fsp3) is 0.500. The molecular formula is C14H17NO. The molecule has 0 atom stereocenters. The molecule has 0 saturated heterocycles. The summed E-state index contributed by atoms with van der Waals surface area (Å²) in [6.07, 6.45) is 1.94. The molecule has 0 aliphatic heterocycles. The van der Waals surface area contributed by atoms with E-state index in [1.165, 1.54) is 0 Å². The number of hydrogen-bond donors (Lipinski definition) is 0. The Bertz CT molecular complexity index is 413. The molecule has 2 nitrogen and oxygen atoms in total. The molecule has 0 radical (unpaired) electrons. The van der Waals surface area contributed by atoms with Crippen LogP contribution in [0.25, 0.3) is 0 Å². The molecule has 0 unspecified atom stereocenters. The van der Waals surface area contributed by atoms with Gasteiger partial charge in [-0.05, 0) is 37.3 Å². The van der Waals surface area contributed by atoms with Crippen LogP contribution in [0, 0.1) is 29.6 Å². The molecule has 2 heteroatoms. The zero-order valence-electron chi connectivity index (χ0n) is 9.86. The largest absolute Gasteiger partial charge is 0.492 e. The van der Waals surface area contributed by atoms with Gasteiger partial charge in [0.15, 0.2) is 0 Å². The molecular weight excluding hydrogens is 198 g/mol. The van der Waals surface area contributed by atoms with Crippen molar-refractivity contribution in [2.45, 2.75) is 26.7 Å². The van der Waals surface area contributed by atoms with E-state index in [-0.39, 0.29) is 5.41 Å². The van der Waals surface area contributed by atoms with Gasteiger partial charge in [0.05, 0.1) is 11.5 Å². The van der Waals surface area contributed by atoms with Crippen molar-refractivity contribution in [3.8, 4) is 11.8 Å². The second-order valence-electron chi connectivity index (χ2n) is 4.96. The molecule has 0 heterocycles. The van der Waals surface area contributed by atoms with Crippen LogP contribution in [0.2, 0.25) is 0 Å². The molecule has 2 rings (SSSR count). The highest BCUT2D eigenvalue weighted by molar-refractivity contribution is 5.32. The first-order valence-corrected chi connectivity index (χ1v) is 5.75. The number of aryl methyl sites for hydroxylation is 1. The summed E-state index contributed by atoms with van der Waals surface area (Å²) in [4.78, 5) is 0. The van der Waals surface area contributed by atoms with Gasteiger partial charge in [0.25, 0.3) is 0 Å². The lowest BCUT2D eigenvalue weighted by atomic mass is 9.64. The highest BCUT2D eigenvalue weighted by atomic mass is 16.5. The first-order valence-electron chi connectivity index (χ1n) is 5.75. The first-order chi connectivity index (χ1) is 7.65. The lowest BCUT2D eigenvalue weighted by Crippen LogP contribution is -2.39. The van der Waals surface area contributed by atoms with Crippen molar-refractivity contribution in [2.24, 2.45) is 11.3 Å². The summed E-state index contributed by atoms with van der Waals surface area (Å²) >= 11 is 0. The Morgan fingerprint density at radius 2 is 2.12 bits per heavy atom. The molecule has 1 fully saturated rings. The Kier molecular flexibility index (Phi) is 2.87. The summed E-state index contributed by atoms with van der Waals surface area (Å²) < 4.78 is 5.76. The smallest absolute Gasteiger partial charge is 0.122 e. The zero-order chi connectivity index (χ0) is 11.6. The summed E-state index contributed by atoms with van der Waals surface area (Å²) in [5.74, 6) is 1.57. The predicted molar refractivity (Wildman–Crippen MR) is 63.1 cm³/mol. The van der Waals surface area contributed by atoms with Gasteiger partial charge >= 0.3 is 0 Å². The van der Waals surface area contributed by atoms with Crippen molar-refractivity contribution in [3.05, 3.63) is 29.8 Å². The van der Waals surface area contributed by atoms with E-state index < -0.39 is 0 Å². The zero-order valence-corrected chi connectivity index (χ0v) is 9.86. The summed E-state index contributed by atoms with van der Waals surface area (Å²) in [5.41, 5.74) is 0.893. The highest BCUT2D eigenvalue weighted by Gasteiger charge is 2.43. The van der Waals surface area contributed by atoms with Gasteiger partial charge in [0, 0.05) is 0 Å². The molecule has 1 aliphatic rings. The van der Waals surface area contributed by atoms with Crippen LogP contribution in [-0.4, -0.2) is 6.61 Å². The Balaban J connectivity index is 1.98. The molecule has 1 aromatic carbocycles. The van der Waals surface area contributed by atoms with Crippen molar-refractivity contribution in [3.63, 3.8) is 0 Å². The summed E-state index contributed by atoms with van der Waals surface area (Å²) in [6.45, 7) is 4.74. The monoisotopic (exact) mass is 215 g/mol. The molecule has 1 aromatic rings. The van der Waals surface area contributed by atoms with E-state index in [0.29, 0.717) is 12.5 Å². The first kappa shape index (κ1) is 11.0. The summed E-state index contributed by atoms with van der Waals surface area (Å²) in [5, 5.41) is 9.17. The molecule has 84 valence electrons. The standard InChI is InChI=1S/C14H17NO/c1-11-7-14(8-11,9-15)10-16-13-6-4-3-5-12(13)2/h3-6,11H,7-8,10H2,1-2H3. The third-order valence-corrected chi connectivity index (χ3v) is 3.31. The van der Waals surface area contributed by atoms with Crippen molar-refractivity contribution in [1.82, 2.24) is 0 Å². The lowest BCUT2D eigenvalue weighted by Gasteiger charge is -2.40. The fourth-order valence-corrected chi connectivity index (χ4v) is 2.45. The molecule has 0 aromatic heterocycles. The van der Waals surface area contributed by atoms with Crippen molar-refractivity contribution < 1.29 is 4.74 Å². The topological polar surface area (TPSA) is 33.0 Å². The van der Waals surface area contributed by atoms with E-state index in [0.717, 1.165) is 24.2 Å². The van der Waals surface area contributed by atoms with Crippen LogP contribution in [0.3, 0.4) is 0 Å². The second kappa shape index (κ2) is 4.17. The third kappa shape index (κ3) is 2.04. The van der Waals surface area contributed by atoms with Gasteiger partial charge in [-0.3, -0.25) is 0 Å².